The van der Waals surface area contributed by atoms with Crippen LogP contribution in [0.25, 0.3) is 10.9 Å². The maximum atomic E-state index is 12.7. The predicted octanol–water partition coefficient (Wildman–Crippen LogP) is 1.08. The van der Waals surface area contributed by atoms with E-state index in [-0.39, 0.29) is 11.0 Å². The van der Waals surface area contributed by atoms with Gasteiger partial charge in [-0.25, -0.2) is 4.98 Å². The van der Waals surface area contributed by atoms with E-state index in [1.165, 1.54) is 0 Å². The Balaban J connectivity index is 1.74. The van der Waals surface area contributed by atoms with Gasteiger partial charge in [0, 0.05) is 24.4 Å². The number of fused-ring (bicyclic) bond motifs is 1. The fourth-order valence-electron chi connectivity index (χ4n) is 4.39. The molecule has 1 unspecified atom stereocenters. The van der Waals surface area contributed by atoms with Gasteiger partial charge in [-0.05, 0) is 31.9 Å². The van der Waals surface area contributed by atoms with Gasteiger partial charge in [0.25, 0.3) is 5.56 Å². The second-order valence-electron chi connectivity index (χ2n) is 7.02. The van der Waals surface area contributed by atoms with E-state index in [0.717, 1.165) is 38.8 Å². The molecule has 3 heterocycles. The zero-order valence-corrected chi connectivity index (χ0v) is 13.2. The summed E-state index contributed by atoms with van der Waals surface area (Å²) in [5.74, 6) is 0. The molecular weight excluding hydrogens is 292 g/mol. The third-order valence-electron chi connectivity index (χ3n) is 5.78. The van der Waals surface area contributed by atoms with Gasteiger partial charge < -0.3 is 10.4 Å². The molecule has 2 aromatic heterocycles. The van der Waals surface area contributed by atoms with Crippen molar-refractivity contribution in [3.05, 3.63) is 35.1 Å². The summed E-state index contributed by atoms with van der Waals surface area (Å²) in [6.45, 7) is 1.93. The van der Waals surface area contributed by atoms with Crippen molar-refractivity contribution in [2.24, 2.45) is 5.41 Å². The van der Waals surface area contributed by atoms with Crippen LogP contribution in [0.4, 0.5) is 0 Å². The Kier molecular flexibility index (Phi) is 3.46. The molecule has 23 heavy (non-hydrogen) atoms. The Morgan fingerprint density at radius 3 is 2.96 bits per heavy atom. The SMILES string of the molecule is O=c1c2cnccc2ncn1CC1(O)CCNCC12CCCC2. The van der Waals surface area contributed by atoms with Crippen LogP contribution in [0.5, 0.6) is 0 Å². The van der Waals surface area contributed by atoms with E-state index in [2.05, 4.69) is 15.3 Å². The summed E-state index contributed by atoms with van der Waals surface area (Å²) in [4.78, 5) is 21.1. The van der Waals surface area contributed by atoms with Gasteiger partial charge in [-0.15, -0.1) is 0 Å². The zero-order valence-electron chi connectivity index (χ0n) is 13.2. The summed E-state index contributed by atoms with van der Waals surface area (Å²) in [5.41, 5.74) is -0.442. The first-order valence-electron chi connectivity index (χ1n) is 8.36. The van der Waals surface area contributed by atoms with Crippen molar-refractivity contribution >= 4 is 10.9 Å². The number of hydrogen-bond acceptors (Lipinski definition) is 5. The van der Waals surface area contributed by atoms with E-state index in [4.69, 9.17) is 0 Å². The van der Waals surface area contributed by atoms with Crippen molar-refractivity contribution in [3.63, 3.8) is 0 Å². The molecule has 6 heteroatoms. The normalized spacial score (nSPS) is 26.8. The molecule has 0 bridgehead atoms. The van der Waals surface area contributed by atoms with E-state index in [9.17, 15) is 9.90 Å². The lowest BCUT2D eigenvalue weighted by molar-refractivity contribution is -0.115. The number of nitrogens with one attached hydrogen (secondary N) is 1. The summed E-state index contributed by atoms with van der Waals surface area (Å²) in [7, 11) is 0. The zero-order chi connectivity index (χ0) is 15.9. The lowest BCUT2D eigenvalue weighted by atomic mass is 9.66. The fourth-order valence-corrected chi connectivity index (χ4v) is 4.39. The predicted molar refractivity (Wildman–Crippen MR) is 87.1 cm³/mol. The minimum atomic E-state index is -0.851. The number of pyridine rings is 1. The van der Waals surface area contributed by atoms with Gasteiger partial charge in [-0.2, -0.15) is 0 Å². The lowest BCUT2D eigenvalue weighted by Crippen LogP contribution is -2.60. The number of piperidine rings is 1. The second kappa shape index (κ2) is 5.39. The molecule has 6 nitrogen and oxygen atoms in total. The van der Waals surface area contributed by atoms with Gasteiger partial charge in [0.1, 0.15) is 0 Å². The standard InChI is InChI=1S/C17H22N4O2/c22-15-13-9-18-7-3-14(13)20-12-21(15)11-17(23)6-8-19-10-16(17)4-1-2-5-16/h3,7,9,12,19,23H,1-2,4-6,8,10-11H2. The van der Waals surface area contributed by atoms with Crippen LogP contribution in [0, 0.1) is 5.41 Å². The largest absolute Gasteiger partial charge is 0.387 e. The molecule has 1 aliphatic carbocycles. The van der Waals surface area contributed by atoms with E-state index in [1.54, 1.807) is 29.4 Å². The third-order valence-corrected chi connectivity index (χ3v) is 5.78. The molecular formula is C17H22N4O2. The van der Waals surface area contributed by atoms with Crippen molar-refractivity contribution in [3.8, 4) is 0 Å². The molecule has 1 aliphatic heterocycles. The van der Waals surface area contributed by atoms with E-state index in [0.29, 0.717) is 23.9 Å². The molecule has 0 amide bonds. The molecule has 0 radical (unpaired) electrons. The molecule has 2 aliphatic rings. The van der Waals surface area contributed by atoms with Crippen LogP contribution in [0.3, 0.4) is 0 Å². The molecule has 4 rings (SSSR count). The average molecular weight is 314 g/mol. The Hall–Kier alpha value is -1.79. The summed E-state index contributed by atoms with van der Waals surface area (Å²) in [6.07, 6.45) is 9.77. The minimum Gasteiger partial charge on any atom is -0.387 e. The first-order chi connectivity index (χ1) is 11.1. The van der Waals surface area contributed by atoms with Crippen LogP contribution in [0.2, 0.25) is 0 Å². The van der Waals surface area contributed by atoms with Crippen molar-refractivity contribution in [1.82, 2.24) is 19.9 Å². The van der Waals surface area contributed by atoms with Crippen LogP contribution in [-0.2, 0) is 6.54 Å². The Morgan fingerprint density at radius 2 is 2.13 bits per heavy atom. The van der Waals surface area contributed by atoms with Gasteiger partial charge >= 0.3 is 0 Å². The smallest absolute Gasteiger partial charge is 0.262 e. The van der Waals surface area contributed by atoms with Gasteiger partial charge in [-0.1, -0.05) is 12.8 Å². The van der Waals surface area contributed by atoms with Crippen LogP contribution >= 0.6 is 0 Å². The molecule has 1 atom stereocenters. The van der Waals surface area contributed by atoms with E-state index >= 15 is 0 Å². The highest BCUT2D eigenvalue weighted by Gasteiger charge is 2.53. The number of aromatic nitrogens is 3. The molecule has 122 valence electrons. The Bertz CT molecular complexity index is 782. The molecule has 0 aromatic carbocycles. The minimum absolute atomic E-state index is 0.116. The highest BCUT2D eigenvalue weighted by Crippen LogP contribution is 2.49. The van der Waals surface area contributed by atoms with E-state index in [1.807, 2.05) is 0 Å². The highest BCUT2D eigenvalue weighted by atomic mass is 16.3. The number of aliphatic hydroxyl groups is 1. The third kappa shape index (κ3) is 2.28. The van der Waals surface area contributed by atoms with Gasteiger partial charge in [-0.3, -0.25) is 14.3 Å². The summed E-state index contributed by atoms with van der Waals surface area (Å²) < 4.78 is 1.56. The fraction of sp³-hybridized carbons (Fsp3) is 0.588. The highest BCUT2D eigenvalue weighted by molar-refractivity contribution is 5.75. The molecule has 1 saturated heterocycles. The monoisotopic (exact) mass is 314 g/mol. The van der Waals surface area contributed by atoms with Crippen LogP contribution in [-0.4, -0.2) is 38.3 Å². The van der Waals surface area contributed by atoms with Crippen molar-refractivity contribution in [2.75, 3.05) is 13.1 Å². The summed E-state index contributed by atoms with van der Waals surface area (Å²) >= 11 is 0. The number of nitrogens with zero attached hydrogens (tertiary/aromatic N) is 3. The van der Waals surface area contributed by atoms with Crippen LogP contribution < -0.4 is 10.9 Å². The van der Waals surface area contributed by atoms with Gasteiger partial charge in [0.15, 0.2) is 0 Å². The molecule has 2 N–H and O–H groups in total. The quantitative estimate of drug-likeness (QED) is 0.867. The van der Waals surface area contributed by atoms with Crippen molar-refractivity contribution in [1.29, 1.82) is 0 Å². The van der Waals surface area contributed by atoms with Crippen molar-refractivity contribution in [2.45, 2.75) is 44.2 Å². The van der Waals surface area contributed by atoms with Crippen LogP contribution in [0.15, 0.2) is 29.6 Å². The molecule has 1 saturated carbocycles. The molecule has 2 aromatic rings. The summed E-state index contributed by atoms with van der Waals surface area (Å²) in [5, 5.41) is 15.4. The van der Waals surface area contributed by atoms with E-state index < -0.39 is 5.60 Å². The van der Waals surface area contributed by atoms with Gasteiger partial charge in [0.2, 0.25) is 0 Å². The second-order valence-corrected chi connectivity index (χ2v) is 7.02. The lowest BCUT2D eigenvalue weighted by Gasteiger charge is -2.49. The Labute approximate surface area is 134 Å². The number of hydrogen-bond donors (Lipinski definition) is 2. The summed E-state index contributed by atoms with van der Waals surface area (Å²) in [6, 6.07) is 1.73. The molecule has 2 fully saturated rings. The Morgan fingerprint density at radius 1 is 1.30 bits per heavy atom. The average Bonchev–Trinajstić information content (AvgIpc) is 3.04. The van der Waals surface area contributed by atoms with Gasteiger partial charge in [0.05, 0.1) is 29.4 Å². The maximum Gasteiger partial charge on any atom is 0.262 e. The maximum absolute atomic E-state index is 12.7. The topological polar surface area (TPSA) is 80.0 Å². The first-order valence-corrected chi connectivity index (χ1v) is 8.36. The van der Waals surface area contributed by atoms with Crippen LogP contribution in [0.1, 0.15) is 32.1 Å². The molecule has 1 spiro atoms. The number of rotatable bonds is 2. The first kappa shape index (κ1) is 14.8. The van der Waals surface area contributed by atoms with Crippen molar-refractivity contribution < 1.29 is 5.11 Å².